The summed E-state index contributed by atoms with van der Waals surface area (Å²) in [6, 6.07) is 2.67. The average molecular weight is 425 g/mol. The van der Waals surface area contributed by atoms with Gasteiger partial charge in [-0.2, -0.15) is 0 Å². The van der Waals surface area contributed by atoms with Crippen molar-refractivity contribution in [2.24, 2.45) is 0 Å². The van der Waals surface area contributed by atoms with Crippen molar-refractivity contribution in [1.82, 2.24) is 20.2 Å². The highest BCUT2D eigenvalue weighted by molar-refractivity contribution is 6.31. The Morgan fingerprint density at radius 1 is 1.45 bits per heavy atom. The van der Waals surface area contributed by atoms with Crippen molar-refractivity contribution in [3.8, 4) is 5.88 Å². The molecule has 0 saturated carbocycles. The van der Waals surface area contributed by atoms with Gasteiger partial charge >= 0.3 is 0 Å². The van der Waals surface area contributed by atoms with Crippen molar-refractivity contribution in [2.75, 3.05) is 13.7 Å². The predicted octanol–water partition coefficient (Wildman–Crippen LogP) is 3.24. The Morgan fingerprint density at radius 3 is 2.79 bits per heavy atom. The largest absolute Gasteiger partial charge is 0.470 e. The average Bonchev–Trinajstić information content (AvgIpc) is 3.02. The van der Waals surface area contributed by atoms with Gasteiger partial charge in [-0.05, 0) is 24.6 Å². The Morgan fingerprint density at radius 2 is 2.17 bits per heavy atom. The fourth-order valence-electron chi connectivity index (χ4n) is 3.03. The second kappa shape index (κ2) is 7.90. The number of carbonyl (C=O) groups excluding carboxylic acids is 2. The monoisotopic (exact) mass is 424 g/mol. The summed E-state index contributed by atoms with van der Waals surface area (Å²) in [6.45, 7) is 1.87. The van der Waals surface area contributed by atoms with Crippen LogP contribution in [0.15, 0.2) is 24.5 Å². The van der Waals surface area contributed by atoms with Crippen molar-refractivity contribution in [1.29, 1.82) is 0 Å². The van der Waals surface area contributed by atoms with Crippen LogP contribution in [0.2, 0.25) is 5.02 Å². The molecule has 1 atom stereocenters. The first-order chi connectivity index (χ1) is 13.6. The first kappa shape index (κ1) is 20.9. The minimum absolute atomic E-state index is 0.0653. The van der Waals surface area contributed by atoms with Gasteiger partial charge in [-0.1, -0.05) is 11.6 Å². The molecule has 2 aromatic heterocycles. The van der Waals surface area contributed by atoms with E-state index in [2.05, 4.69) is 15.3 Å². The Bertz CT molecular complexity index is 965. The molecule has 0 fully saturated rings. The number of aromatic nitrogens is 2. The summed E-state index contributed by atoms with van der Waals surface area (Å²) in [5.41, 5.74) is 1.76. The summed E-state index contributed by atoms with van der Waals surface area (Å²) < 4.78 is 30.9. The first-order valence-electron chi connectivity index (χ1n) is 8.79. The van der Waals surface area contributed by atoms with E-state index in [0.29, 0.717) is 16.7 Å². The van der Waals surface area contributed by atoms with Crippen LogP contribution in [0, 0.1) is 0 Å². The number of rotatable bonds is 6. The molecule has 0 bridgehead atoms. The van der Waals surface area contributed by atoms with Crippen molar-refractivity contribution in [2.45, 2.75) is 32.4 Å². The van der Waals surface area contributed by atoms with Crippen LogP contribution in [0.1, 0.15) is 51.9 Å². The van der Waals surface area contributed by atoms with Crippen LogP contribution < -0.4 is 10.1 Å². The maximum Gasteiger partial charge on any atom is 0.278 e. The summed E-state index contributed by atoms with van der Waals surface area (Å²) >= 11 is 6.12. The lowest BCUT2D eigenvalue weighted by molar-refractivity contribution is -0.0242. The predicted molar refractivity (Wildman–Crippen MR) is 101 cm³/mol. The van der Waals surface area contributed by atoms with Gasteiger partial charge < -0.3 is 15.0 Å². The van der Waals surface area contributed by atoms with Gasteiger partial charge in [0.2, 0.25) is 5.88 Å². The van der Waals surface area contributed by atoms with Gasteiger partial charge in [0.05, 0.1) is 6.04 Å². The summed E-state index contributed by atoms with van der Waals surface area (Å²) in [5, 5.41) is 2.58. The number of halogens is 3. The third-order valence-corrected chi connectivity index (χ3v) is 4.83. The number of amides is 2. The number of hydrogen-bond donors (Lipinski definition) is 1. The molecule has 0 aliphatic carbocycles. The maximum absolute atomic E-state index is 13.0. The molecule has 1 unspecified atom stereocenters. The molecule has 1 N–H and O–H groups in total. The van der Waals surface area contributed by atoms with Crippen LogP contribution in [-0.4, -0.2) is 46.3 Å². The molecule has 0 radical (unpaired) electrons. The number of carbonyl (C=O) groups is 2. The molecule has 0 spiro atoms. The van der Waals surface area contributed by atoms with E-state index in [4.69, 9.17) is 16.3 Å². The second-order valence-electron chi connectivity index (χ2n) is 6.79. The molecule has 1 aliphatic rings. The lowest BCUT2D eigenvalue weighted by Crippen LogP contribution is -2.27. The molecule has 7 nitrogen and oxygen atoms in total. The molecule has 154 valence electrons. The number of nitrogens with one attached hydrogen (secondary N) is 1. The van der Waals surface area contributed by atoms with E-state index in [1.807, 2.05) is 0 Å². The summed E-state index contributed by atoms with van der Waals surface area (Å²) in [7, 11) is 1.49. The maximum atomic E-state index is 13.0. The zero-order chi connectivity index (χ0) is 21.3. The number of alkyl halides is 2. The molecule has 2 amide bonds. The molecule has 1 aliphatic heterocycles. The number of ether oxygens (including phenoxy) is 1. The lowest BCUT2D eigenvalue weighted by Gasteiger charge is -2.25. The van der Waals surface area contributed by atoms with E-state index in [1.165, 1.54) is 25.5 Å². The number of pyridine rings is 2. The summed E-state index contributed by atoms with van der Waals surface area (Å²) in [5.74, 6) is -3.74. The first-order valence-corrected chi connectivity index (χ1v) is 9.17. The zero-order valence-electron chi connectivity index (χ0n) is 16.0. The van der Waals surface area contributed by atoms with Crippen LogP contribution in [0.4, 0.5) is 8.78 Å². The highest BCUT2D eigenvalue weighted by Crippen LogP contribution is 2.34. The highest BCUT2D eigenvalue weighted by atomic mass is 35.5. The fraction of sp³-hybridized carbons (Fsp3) is 0.368. The Labute approximate surface area is 171 Å². The smallest absolute Gasteiger partial charge is 0.278 e. The fourth-order valence-corrected chi connectivity index (χ4v) is 3.26. The Balaban J connectivity index is 1.82. The standard InChI is InChI=1S/C19H19ClF2N4O3/c1-10(11-6-14(20)17(25-7-11)29-9-19(2,21)22)26-8-13-12(18(26)28)4-5-24-15(13)16(27)23-3/h4-7,10H,8-9H2,1-3H3,(H,23,27). The molecule has 3 rings (SSSR count). The van der Waals surface area contributed by atoms with Crippen molar-refractivity contribution in [3.63, 3.8) is 0 Å². The van der Waals surface area contributed by atoms with E-state index >= 15 is 0 Å². The topological polar surface area (TPSA) is 84.4 Å². The molecule has 10 heteroatoms. The minimum atomic E-state index is -3.01. The van der Waals surface area contributed by atoms with Crippen LogP contribution in [0.25, 0.3) is 0 Å². The van der Waals surface area contributed by atoms with E-state index in [1.54, 1.807) is 17.9 Å². The van der Waals surface area contributed by atoms with E-state index in [9.17, 15) is 18.4 Å². The summed E-state index contributed by atoms with van der Waals surface area (Å²) in [6.07, 6.45) is 2.84. The highest BCUT2D eigenvalue weighted by Gasteiger charge is 2.35. The van der Waals surface area contributed by atoms with Gasteiger partial charge in [0, 0.05) is 44.0 Å². The summed E-state index contributed by atoms with van der Waals surface area (Å²) in [4.78, 5) is 34.5. The third-order valence-electron chi connectivity index (χ3n) is 4.56. The van der Waals surface area contributed by atoms with E-state index < -0.39 is 18.6 Å². The van der Waals surface area contributed by atoms with E-state index in [-0.39, 0.29) is 35.0 Å². The van der Waals surface area contributed by atoms with Gasteiger partial charge in [-0.3, -0.25) is 14.6 Å². The van der Waals surface area contributed by atoms with Gasteiger partial charge in [0.15, 0.2) is 6.61 Å². The number of hydrogen-bond acceptors (Lipinski definition) is 5. The minimum Gasteiger partial charge on any atom is -0.470 e. The van der Waals surface area contributed by atoms with Crippen LogP contribution >= 0.6 is 11.6 Å². The molecule has 2 aromatic rings. The van der Waals surface area contributed by atoms with Gasteiger partial charge in [0.1, 0.15) is 10.7 Å². The quantitative estimate of drug-likeness (QED) is 0.769. The Kier molecular flexibility index (Phi) is 5.70. The number of nitrogens with zero attached hydrogens (tertiary/aromatic N) is 3. The van der Waals surface area contributed by atoms with Crippen molar-refractivity contribution < 1.29 is 23.1 Å². The van der Waals surface area contributed by atoms with Crippen LogP contribution in [-0.2, 0) is 6.54 Å². The lowest BCUT2D eigenvalue weighted by atomic mass is 10.1. The SMILES string of the molecule is CNC(=O)c1nccc2c1CN(C(C)c1cnc(OCC(C)(F)F)c(Cl)c1)C2=O. The van der Waals surface area contributed by atoms with E-state index in [0.717, 1.165) is 6.92 Å². The molecule has 29 heavy (non-hydrogen) atoms. The van der Waals surface area contributed by atoms with Crippen molar-refractivity contribution in [3.05, 3.63) is 51.9 Å². The van der Waals surface area contributed by atoms with Crippen molar-refractivity contribution >= 4 is 23.4 Å². The number of fused-ring (bicyclic) bond motifs is 1. The Hall–Kier alpha value is -2.81. The normalized spacial score (nSPS) is 14.6. The molecule has 0 saturated heterocycles. The van der Waals surface area contributed by atoms with Gasteiger partial charge in [-0.25, -0.2) is 13.8 Å². The van der Waals surface area contributed by atoms with Crippen LogP contribution in [0.3, 0.4) is 0 Å². The molecule has 0 aromatic carbocycles. The van der Waals surface area contributed by atoms with Gasteiger partial charge in [-0.15, -0.1) is 0 Å². The molecular weight excluding hydrogens is 406 g/mol. The molecular formula is C19H19ClF2N4O3. The zero-order valence-corrected chi connectivity index (χ0v) is 16.8. The molecule has 3 heterocycles. The second-order valence-corrected chi connectivity index (χ2v) is 7.20. The van der Waals surface area contributed by atoms with Gasteiger partial charge in [0.25, 0.3) is 17.7 Å². The van der Waals surface area contributed by atoms with Crippen LogP contribution in [0.5, 0.6) is 5.88 Å². The third kappa shape index (κ3) is 4.29.